The van der Waals surface area contributed by atoms with Gasteiger partial charge in [-0.15, -0.1) is 0 Å². The van der Waals surface area contributed by atoms with Crippen LogP contribution in [0.5, 0.6) is 0 Å². The van der Waals surface area contributed by atoms with E-state index in [0.717, 1.165) is 25.7 Å². The maximum absolute atomic E-state index is 12.2. The van der Waals surface area contributed by atoms with E-state index >= 15 is 0 Å². The molecule has 2 N–H and O–H groups in total. The van der Waals surface area contributed by atoms with Gasteiger partial charge in [-0.2, -0.15) is 0 Å². The van der Waals surface area contributed by atoms with E-state index in [0.29, 0.717) is 17.9 Å². The van der Waals surface area contributed by atoms with Gasteiger partial charge in [0, 0.05) is 6.04 Å². The van der Waals surface area contributed by atoms with E-state index in [2.05, 4.69) is 25.7 Å². The van der Waals surface area contributed by atoms with Gasteiger partial charge in [0.2, 0.25) is 0 Å². The number of rotatable bonds is 6. The Labute approximate surface area is 167 Å². The highest BCUT2D eigenvalue weighted by Gasteiger charge is 2.51. The second kappa shape index (κ2) is 8.37. The highest BCUT2D eigenvalue weighted by Crippen LogP contribution is 2.58. The minimum Gasteiger partial charge on any atom is -0.468 e. The molecule has 2 fully saturated rings. The van der Waals surface area contributed by atoms with Gasteiger partial charge in [0.15, 0.2) is 0 Å². The third kappa shape index (κ3) is 3.90. The fourth-order valence-corrected chi connectivity index (χ4v) is 5.71. The van der Waals surface area contributed by atoms with Gasteiger partial charge in [-0.3, -0.25) is 10.1 Å². The fourth-order valence-electron chi connectivity index (χ4n) is 5.71. The Kier molecular flexibility index (Phi) is 6.30. The zero-order valence-corrected chi connectivity index (χ0v) is 17.2. The average Bonchev–Trinajstić information content (AvgIpc) is 3.09. The first-order valence-electron chi connectivity index (χ1n) is 10.3. The topological polar surface area (TPSA) is 84.9 Å². The number of methoxy groups -OCH3 is 1. The maximum Gasteiger partial charge on any atom is 0.335 e. The van der Waals surface area contributed by atoms with Crippen LogP contribution >= 0.6 is 0 Å². The lowest BCUT2D eigenvalue weighted by atomic mass is 9.50. The van der Waals surface area contributed by atoms with Gasteiger partial charge in [0.05, 0.1) is 25.3 Å². The summed E-state index contributed by atoms with van der Waals surface area (Å²) in [6.07, 6.45) is 5.97. The van der Waals surface area contributed by atoms with Crippen molar-refractivity contribution in [3.8, 4) is 0 Å². The summed E-state index contributed by atoms with van der Waals surface area (Å²) in [6, 6.07) is -0.284. The number of aliphatic hydroxyl groups is 1. The number of aliphatic hydroxyl groups excluding tert-OH is 1. The quantitative estimate of drug-likeness (QED) is 0.534. The highest BCUT2D eigenvalue weighted by molar-refractivity contribution is 5.91. The molecule has 0 bridgehead atoms. The van der Waals surface area contributed by atoms with Crippen molar-refractivity contribution in [2.75, 3.05) is 20.3 Å². The number of hydrogen-bond acceptors (Lipinski definition) is 6. The van der Waals surface area contributed by atoms with Crippen LogP contribution in [0, 0.1) is 23.2 Å². The van der Waals surface area contributed by atoms with E-state index in [1.165, 1.54) is 12.7 Å². The Morgan fingerprint density at radius 3 is 2.89 bits per heavy atom. The normalized spacial score (nSPS) is 36.4. The van der Waals surface area contributed by atoms with Crippen molar-refractivity contribution in [3.05, 3.63) is 23.8 Å². The summed E-state index contributed by atoms with van der Waals surface area (Å²) in [7, 11) is 1.35. The smallest absolute Gasteiger partial charge is 0.335 e. The molecule has 4 unspecified atom stereocenters. The van der Waals surface area contributed by atoms with Crippen LogP contribution in [0.4, 0.5) is 0 Å². The van der Waals surface area contributed by atoms with Crippen LogP contribution in [0.1, 0.15) is 46.0 Å². The highest BCUT2D eigenvalue weighted by atomic mass is 16.5. The summed E-state index contributed by atoms with van der Waals surface area (Å²) in [5.41, 5.74) is 1.83. The summed E-state index contributed by atoms with van der Waals surface area (Å²) in [6.45, 7) is 9.16. The lowest BCUT2D eigenvalue weighted by Gasteiger charge is -2.55. The first kappa shape index (κ1) is 21.1. The molecule has 3 aliphatic rings. The predicted octanol–water partition coefficient (Wildman–Crippen LogP) is 2.37. The van der Waals surface area contributed by atoms with Gasteiger partial charge < -0.3 is 14.6 Å². The molecule has 0 radical (unpaired) electrons. The van der Waals surface area contributed by atoms with Gasteiger partial charge in [0.25, 0.3) is 0 Å². The molecule has 0 spiro atoms. The Morgan fingerprint density at radius 2 is 2.25 bits per heavy atom. The Hall–Kier alpha value is -1.66. The molecule has 28 heavy (non-hydrogen) atoms. The van der Waals surface area contributed by atoms with Crippen molar-refractivity contribution in [3.63, 3.8) is 0 Å². The Balaban J connectivity index is 1.84. The van der Waals surface area contributed by atoms with Crippen LogP contribution in [-0.4, -0.2) is 49.5 Å². The van der Waals surface area contributed by atoms with Crippen LogP contribution in [0.25, 0.3) is 0 Å². The number of ether oxygens (including phenoxy) is 2. The van der Waals surface area contributed by atoms with Crippen molar-refractivity contribution < 1.29 is 24.2 Å². The summed E-state index contributed by atoms with van der Waals surface area (Å²) in [4.78, 5) is 23.9. The molecule has 6 nitrogen and oxygen atoms in total. The van der Waals surface area contributed by atoms with Crippen LogP contribution in [-0.2, 0) is 19.1 Å². The first-order valence-corrected chi connectivity index (χ1v) is 10.3. The molecular weight excluding hydrogens is 358 g/mol. The van der Waals surface area contributed by atoms with Crippen molar-refractivity contribution in [2.45, 2.75) is 58.1 Å². The van der Waals surface area contributed by atoms with Crippen molar-refractivity contribution in [1.82, 2.24) is 5.32 Å². The average molecular weight is 392 g/mol. The molecule has 156 valence electrons. The molecule has 6 atom stereocenters. The number of carbonyl (C=O) groups is 2. The number of cyclic esters (lactones) is 1. The zero-order valence-electron chi connectivity index (χ0n) is 17.2. The summed E-state index contributed by atoms with van der Waals surface area (Å²) < 4.78 is 9.87. The van der Waals surface area contributed by atoms with Gasteiger partial charge >= 0.3 is 11.9 Å². The van der Waals surface area contributed by atoms with Crippen LogP contribution in [0.15, 0.2) is 23.8 Å². The van der Waals surface area contributed by atoms with E-state index in [-0.39, 0.29) is 54.5 Å². The second-order valence-corrected chi connectivity index (χ2v) is 8.83. The van der Waals surface area contributed by atoms with E-state index in [1.54, 1.807) is 6.08 Å². The molecular formula is C22H33NO5. The number of fused-ring (bicyclic) bond motifs is 1. The lowest BCUT2D eigenvalue weighted by Crippen LogP contribution is -2.51. The number of nitrogens with one attached hydrogen (secondary N) is 1. The van der Waals surface area contributed by atoms with Crippen molar-refractivity contribution >= 4 is 11.9 Å². The molecule has 6 heteroatoms. The van der Waals surface area contributed by atoms with E-state index in [4.69, 9.17) is 9.47 Å². The van der Waals surface area contributed by atoms with Crippen LogP contribution < -0.4 is 5.32 Å². The summed E-state index contributed by atoms with van der Waals surface area (Å²) in [5.74, 6) is 0.213. The third-order valence-electron chi connectivity index (χ3n) is 7.45. The Morgan fingerprint density at radius 1 is 1.50 bits per heavy atom. The minimum absolute atomic E-state index is 0.0300. The van der Waals surface area contributed by atoms with Gasteiger partial charge in [-0.25, -0.2) is 4.79 Å². The lowest BCUT2D eigenvalue weighted by molar-refractivity contribution is -0.140. The molecule has 3 rings (SSSR count). The van der Waals surface area contributed by atoms with E-state index in [1.807, 2.05) is 0 Å². The van der Waals surface area contributed by atoms with E-state index < -0.39 is 0 Å². The number of esters is 2. The molecule has 1 aliphatic heterocycles. The van der Waals surface area contributed by atoms with Gasteiger partial charge in [0.1, 0.15) is 6.61 Å². The molecule has 0 saturated heterocycles. The molecule has 2 aliphatic carbocycles. The number of hydrogen-bond donors (Lipinski definition) is 2. The molecule has 0 aromatic heterocycles. The first-order chi connectivity index (χ1) is 13.3. The zero-order chi connectivity index (χ0) is 20.5. The standard InChI is InChI=1S/C22H33NO5/c1-13-5-6-16-14(2)19(24)7-9-22(16,3)17(13)11-18(23-12-20(25)27-4)15-8-10-28-21(15)26/h8,14,16-19,23-24H,1,5-7,9-12H2,2-4H3/t14-,16?,17?,18?,19?,22+/m1/s1. The largest absolute Gasteiger partial charge is 0.468 e. The van der Waals surface area contributed by atoms with Crippen LogP contribution in [0.3, 0.4) is 0 Å². The summed E-state index contributed by atoms with van der Waals surface area (Å²) >= 11 is 0. The fraction of sp³-hybridized carbons (Fsp3) is 0.727. The molecule has 0 amide bonds. The number of carbonyl (C=O) groups excluding carboxylic acids is 2. The molecule has 0 aromatic rings. The Bertz CT molecular complexity index is 672. The van der Waals surface area contributed by atoms with Crippen LogP contribution in [0.2, 0.25) is 0 Å². The monoisotopic (exact) mass is 391 g/mol. The van der Waals surface area contributed by atoms with Gasteiger partial charge in [-0.05, 0) is 61.3 Å². The van der Waals surface area contributed by atoms with Gasteiger partial charge in [-0.1, -0.05) is 26.0 Å². The minimum atomic E-state index is -0.363. The summed E-state index contributed by atoms with van der Waals surface area (Å²) in [5, 5.41) is 13.6. The van der Waals surface area contributed by atoms with E-state index in [9.17, 15) is 14.7 Å². The van der Waals surface area contributed by atoms with Crippen molar-refractivity contribution in [1.29, 1.82) is 0 Å². The molecule has 0 aromatic carbocycles. The predicted molar refractivity (Wildman–Crippen MR) is 105 cm³/mol. The third-order valence-corrected chi connectivity index (χ3v) is 7.45. The second-order valence-electron chi connectivity index (χ2n) is 8.83. The molecule has 2 saturated carbocycles. The van der Waals surface area contributed by atoms with Crippen molar-refractivity contribution in [2.24, 2.45) is 23.2 Å². The SMILES string of the molecule is C=C1CCC2[C@@H](C)C(O)CC[C@]2(C)C1CC(NCC(=O)OC)C1=CCOC1=O. The maximum atomic E-state index is 12.2. The molecule has 1 heterocycles. The number of allylic oxidation sites excluding steroid dienone is 1.